The molecule has 2 N–H and O–H groups in total. The van der Waals surface area contributed by atoms with Crippen molar-refractivity contribution < 1.29 is 4.74 Å². The number of piperidine rings is 1. The zero-order valence-corrected chi connectivity index (χ0v) is 18.0. The molecule has 1 aromatic carbocycles. The summed E-state index contributed by atoms with van der Waals surface area (Å²) in [5.41, 5.74) is 1.31. The molecule has 3 rings (SSSR count). The van der Waals surface area contributed by atoms with Gasteiger partial charge in [-0.3, -0.25) is 9.98 Å². The van der Waals surface area contributed by atoms with Crippen molar-refractivity contribution in [2.75, 3.05) is 38.2 Å². The Labute approximate surface area is 178 Å². The van der Waals surface area contributed by atoms with Gasteiger partial charge in [-0.15, -0.1) is 24.0 Å². The molecule has 6 nitrogen and oxygen atoms in total. The standard InChI is InChI=1S/C20H27N5O.HI/c1-21-20(23-12-15-26-19-8-5-11-22-16-19)24-17-9-13-25(14-10-17)18-6-3-2-4-7-18;/h2-8,11,16-17H,9-10,12-15H2,1H3,(H2,21,23,24);1H. The molecule has 0 atom stereocenters. The second-order valence-corrected chi connectivity index (χ2v) is 6.28. The van der Waals surface area contributed by atoms with Crippen molar-refractivity contribution in [2.45, 2.75) is 18.9 Å². The summed E-state index contributed by atoms with van der Waals surface area (Å²) < 4.78 is 5.64. The molecule has 146 valence electrons. The number of hydrogen-bond donors (Lipinski definition) is 2. The van der Waals surface area contributed by atoms with Crippen LogP contribution >= 0.6 is 24.0 Å². The molecule has 0 radical (unpaired) electrons. The fourth-order valence-electron chi connectivity index (χ4n) is 3.08. The van der Waals surface area contributed by atoms with Gasteiger partial charge in [0.15, 0.2) is 5.96 Å². The number of rotatable bonds is 6. The van der Waals surface area contributed by atoms with Crippen LogP contribution in [0.1, 0.15) is 12.8 Å². The van der Waals surface area contributed by atoms with Crippen LogP contribution in [0, 0.1) is 0 Å². The van der Waals surface area contributed by atoms with Crippen LogP contribution < -0.4 is 20.3 Å². The number of aliphatic imine (C=N–C) groups is 1. The molecule has 1 aromatic heterocycles. The van der Waals surface area contributed by atoms with Crippen molar-refractivity contribution in [2.24, 2.45) is 4.99 Å². The number of benzene rings is 1. The third kappa shape index (κ3) is 6.89. The van der Waals surface area contributed by atoms with Crippen LogP contribution in [0.2, 0.25) is 0 Å². The van der Waals surface area contributed by atoms with E-state index in [0.29, 0.717) is 19.2 Å². The van der Waals surface area contributed by atoms with Gasteiger partial charge in [0.1, 0.15) is 12.4 Å². The number of halogens is 1. The summed E-state index contributed by atoms with van der Waals surface area (Å²) in [6.07, 6.45) is 5.65. The lowest BCUT2D eigenvalue weighted by Gasteiger charge is -2.34. The Kier molecular flexibility index (Phi) is 9.17. The Morgan fingerprint density at radius 2 is 1.96 bits per heavy atom. The van der Waals surface area contributed by atoms with E-state index in [0.717, 1.165) is 37.6 Å². The first kappa shape index (κ1) is 21.3. The van der Waals surface area contributed by atoms with Gasteiger partial charge >= 0.3 is 0 Å². The number of ether oxygens (including phenoxy) is 1. The van der Waals surface area contributed by atoms with Gasteiger partial charge in [-0.25, -0.2) is 0 Å². The number of anilines is 1. The predicted molar refractivity (Wildman–Crippen MR) is 121 cm³/mol. The average Bonchev–Trinajstić information content (AvgIpc) is 2.72. The Bertz CT molecular complexity index is 675. The van der Waals surface area contributed by atoms with Crippen LogP contribution in [0.3, 0.4) is 0 Å². The molecule has 0 amide bonds. The highest BCUT2D eigenvalue weighted by Gasteiger charge is 2.19. The van der Waals surface area contributed by atoms with E-state index in [-0.39, 0.29) is 24.0 Å². The lowest BCUT2D eigenvalue weighted by Crippen LogP contribution is -2.49. The quantitative estimate of drug-likeness (QED) is 0.288. The third-order valence-corrected chi connectivity index (χ3v) is 4.48. The molecule has 1 aliphatic heterocycles. The highest BCUT2D eigenvalue weighted by molar-refractivity contribution is 14.0. The normalized spacial score (nSPS) is 15.0. The van der Waals surface area contributed by atoms with Crippen molar-refractivity contribution in [3.8, 4) is 5.75 Å². The molecule has 27 heavy (non-hydrogen) atoms. The van der Waals surface area contributed by atoms with Crippen LogP contribution in [0.15, 0.2) is 59.9 Å². The molecule has 0 saturated carbocycles. The molecule has 2 heterocycles. The number of nitrogens with one attached hydrogen (secondary N) is 2. The zero-order chi connectivity index (χ0) is 18.0. The van der Waals surface area contributed by atoms with Crippen molar-refractivity contribution >= 4 is 35.6 Å². The molecular formula is C20H28IN5O. The number of nitrogens with zero attached hydrogens (tertiary/aromatic N) is 3. The van der Waals surface area contributed by atoms with Crippen LogP contribution in [0.5, 0.6) is 5.75 Å². The Morgan fingerprint density at radius 1 is 1.19 bits per heavy atom. The predicted octanol–water partition coefficient (Wildman–Crippen LogP) is 2.91. The van der Waals surface area contributed by atoms with E-state index in [9.17, 15) is 0 Å². The first-order valence-electron chi connectivity index (χ1n) is 9.15. The van der Waals surface area contributed by atoms with Crippen LogP contribution in [0.4, 0.5) is 5.69 Å². The maximum Gasteiger partial charge on any atom is 0.191 e. The van der Waals surface area contributed by atoms with Crippen molar-refractivity contribution in [1.29, 1.82) is 0 Å². The number of hydrogen-bond acceptors (Lipinski definition) is 4. The highest BCUT2D eigenvalue weighted by atomic mass is 127. The topological polar surface area (TPSA) is 61.8 Å². The van der Waals surface area contributed by atoms with E-state index in [1.807, 2.05) is 12.1 Å². The van der Waals surface area contributed by atoms with Gasteiger partial charge in [0.2, 0.25) is 0 Å². The first-order chi connectivity index (χ1) is 12.8. The summed E-state index contributed by atoms with van der Waals surface area (Å²) in [7, 11) is 1.80. The molecule has 7 heteroatoms. The maximum atomic E-state index is 5.64. The maximum absolute atomic E-state index is 5.64. The van der Waals surface area contributed by atoms with E-state index >= 15 is 0 Å². The van der Waals surface area contributed by atoms with Gasteiger partial charge in [0.25, 0.3) is 0 Å². The van der Waals surface area contributed by atoms with Crippen LogP contribution in [-0.4, -0.2) is 50.3 Å². The minimum Gasteiger partial charge on any atom is -0.490 e. The summed E-state index contributed by atoms with van der Waals surface area (Å²) >= 11 is 0. The monoisotopic (exact) mass is 481 g/mol. The van der Waals surface area contributed by atoms with E-state index in [2.05, 4.69) is 55.8 Å². The number of guanidine groups is 1. The molecule has 1 aliphatic rings. The summed E-state index contributed by atoms with van der Waals surface area (Å²) in [4.78, 5) is 10.8. The number of para-hydroxylation sites is 1. The summed E-state index contributed by atoms with van der Waals surface area (Å²) in [5, 5.41) is 6.83. The molecule has 0 aliphatic carbocycles. The van der Waals surface area contributed by atoms with E-state index in [4.69, 9.17) is 4.74 Å². The molecular weight excluding hydrogens is 453 g/mol. The first-order valence-corrected chi connectivity index (χ1v) is 9.15. The third-order valence-electron chi connectivity index (χ3n) is 4.48. The van der Waals surface area contributed by atoms with Crippen LogP contribution in [0.25, 0.3) is 0 Å². The minimum absolute atomic E-state index is 0. The second kappa shape index (κ2) is 11.6. The number of aromatic nitrogens is 1. The van der Waals surface area contributed by atoms with E-state index in [1.54, 1.807) is 19.4 Å². The van der Waals surface area contributed by atoms with Gasteiger partial charge in [0, 0.05) is 38.1 Å². The molecule has 0 unspecified atom stereocenters. The van der Waals surface area contributed by atoms with Crippen LogP contribution in [-0.2, 0) is 0 Å². The minimum atomic E-state index is 0. The van der Waals surface area contributed by atoms with E-state index in [1.165, 1.54) is 5.69 Å². The summed E-state index contributed by atoms with van der Waals surface area (Å²) in [6.45, 7) is 3.38. The van der Waals surface area contributed by atoms with Crippen molar-refractivity contribution in [3.05, 3.63) is 54.9 Å². The fourth-order valence-corrected chi connectivity index (χ4v) is 3.08. The van der Waals surface area contributed by atoms with Gasteiger partial charge in [-0.05, 0) is 37.1 Å². The van der Waals surface area contributed by atoms with Gasteiger partial charge in [-0.1, -0.05) is 18.2 Å². The molecule has 1 saturated heterocycles. The second-order valence-electron chi connectivity index (χ2n) is 6.28. The number of pyridine rings is 1. The summed E-state index contributed by atoms with van der Waals surface area (Å²) in [6, 6.07) is 14.8. The average molecular weight is 481 g/mol. The lowest BCUT2D eigenvalue weighted by atomic mass is 10.0. The molecule has 2 aromatic rings. The lowest BCUT2D eigenvalue weighted by molar-refractivity contribution is 0.320. The molecule has 0 spiro atoms. The van der Waals surface area contributed by atoms with Gasteiger partial charge < -0.3 is 20.3 Å². The largest absolute Gasteiger partial charge is 0.490 e. The Balaban J connectivity index is 0.00000261. The molecule has 1 fully saturated rings. The summed E-state index contributed by atoms with van der Waals surface area (Å²) in [5.74, 6) is 1.61. The van der Waals surface area contributed by atoms with Crippen molar-refractivity contribution in [1.82, 2.24) is 15.6 Å². The fraction of sp³-hybridized carbons (Fsp3) is 0.400. The zero-order valence-electron chi connectivity index (χ0n) is 15.7. The van der Waals surface area contributed by atoms with Gasteiger partial charge in [0.05, 0.1) is 12.7 Å². The molecule has 0 bridgehead atoms. The Hall–Kier alpha value is -2.03. The van der Waals surface area contributed by atoms with Crippen molar-refractivity contribution in [3.63, 3.8) is 0 Å². The van der Waals surface area contributed by atoms with E-state index < -0.39 is 0 Å². The highest BCUT2D eigenvalue weighted by Crippen LogP contribution is 2.19. The Morgan fingerprint density at radius 3 is 2.63 bits per heavy atom. The SMILES string of the molecule is CN=C(NCCOc1cccnc1)NC1CCN(c2ccccc2)CC1.I. The smallest absolute Gasteiger partial charge is 0.191 e. The van der Waals surface area contributed by atoms with Gasteiger partial charge in [-0.2, -0.15) is 0 Å².